The van der Waals surface area contributed by atoms with Gasteiger partial charge in [0.2, 0.25) is 0 Å². The van der Waals surface area contributed by atoms with Gasteiger partial charge in [-0.3, -0.25) is 0 Å². The van der Waals surface area contributed by atoms with E-state index in [4.69, 9.17) is 4.74 Å². The third-order valence-corrected chi connectivity index (χ3v) is 4.14. The summed E-state index contributed by atoms with van der Waals surface area (Å²) < 4.78 is 6.54. The van der Waals surface area contributed by atoms with E-state index in [-0.39, 0.29) is 6.09 Å². The summed E-state index contributed by atoms with van der Waals surface area (Å²) in [6, 6.07) is 8.16. The Balaban J connectivity index is 1.82. The molecule has 0 spiro atoms. The molecule has 1 atom stereocenters. The van der Waals surface area contributed by atoms with Gasteiger partial charge in [0.25, 0.3) is 0 Å². The Morgan fingerprint density at radius 1 is 1.36 bits per heavy atom. The van der Waals surface area contributed by atoms with Crippen LogP contribution in [0.1, 0.15) is 33.6 Å². The van der Waals surface area contributed by atoms with E-state index in [1.165, 1.54) is 0 Å². The molecule has 0 saturated carbocycles. The van der Waals surface area contributed by atoms with Gasteiger partial charge in [-0.25, -0.2) is 4.79 Å². The lowest BCUT2D eigenvalue weighted by molar-refractivity contribution is 0.0172. The van der Waals surface area contributed by atoms with Gasteiger partial charge in [-0.1, -0.05) is 15.9 Å². The van der Waals surface area contributed by atoms with Crippen LogP contribution in [0.15, 0.2) is 28.7 Å². The van der Waals surface area contributed by atoms with Crippen LogP contribution in [0.2, 0.25) is 0 Å². The third kappa shape index (κ3) is 5.52. The van der Waals surface area contributed by atoms with Crippen LogP contribution in [0.4, 0.5) is 10.5 Å². The first-order valence-electron chi connectivity index (χ1n) is 7.81. The van der Waals surface area contributed by atoms with Crippen molar-refractivity contribution in [1.29, 1.82) is 0 Å². The monoisotopic (exact) mass is 368 g/mol. The minimum atomic E-state index is -0.431. The molecule has 1 aromatic carbocycles. The number of carbonyl (C=O) groups excluding carboxylic acids is 1. The van der Waals surface area contributed by atoms with Crippen LogP contribution in [0.5, 0.6) is 0 Å². The fourth-order valence-corrected chi connectivity index (χ4v) is 2.82. The smallest absolute Gasteiger partial charge is 0.410 e. The van der Waals surface area contributed by atoms with Gasteiger partial charge in [0.1, 0.15) is 5.60 Å². The summed E-state index contributed by atoms with van der Waals surface area (Å²) in [5.41, 5.74) is 0.678. The Morgan fingerprint density at radius 2 is 2.05 bits per heavy atom. The second-order valence-corrected chi connectivity index (χ2v) is 7.74. The van der Waals surface area contributed by atoms with E-state index in [0.29, 0.717) is 5.92 Å². The Bertz CT molecular complexity index is 496. The molecule has 1 fully saturated rings. The Hall–Kier alpha value is -1.23. The molecule has 0 aromatic heterocycles. The molecule has 1 N–H and O–H groups in total. The molecule has 1 aromatic rings. The predicted octanol–water partition coefficient (Wildman–Crippen LogP) is 4.51. The van der Waals surface area contributed by atoms with E-state index < -0.39 is 5.60 Å². The number of nitrogens with zero attached hydrogens (tertiary/aromatic N) is 1. The van der Waals surface area contributed by atoms with Gasteiger partial charge in [-0.2, -0.15) is 0 Å². The van der Waals surface area contributed by atoms with Crippen LogP contribution in [-0.2, 0) is 4.74 Å². The normalized spacial score (nSPS) is 18.9. The number of hydrogen-bond donors (Lipinski definition) is 1. The van der Waals surface area contributed by atoms with Crippen LogP contribution in [-0.4, -0.2) is 36.2 Å². The molecular formula is C17H25BrN2O2. The van der Waals surface area contributed by atoms with E-state index in [0.717, 1.165) is 42.6 Å². The minimum Gasteiger partial charge on any atom is -0.444 e. The van der Waals surface area contributed by atoms with E-state index in [1.54, 1.807) is 0 Å². The molecule has 2 rings (SSSR count). The van der Waals surface area contributed by atoms with Crippen LogP contribution < -0.4 is 5.32 Å². The number of halogens is 1. The van der Waals surface area contributed by atoms with Gasteiger partial charge < -0.3 is 15.0 Å². The first-order chi connectivity index (χ1) is 10.3. The number of ether oxygens (including phenoxy) is 1. The van der Waals surface area contributed by atoms with E-state index in [2.05, 4.69) is 33.4 Å². The molecule has 1 aliphatic heterocycles. The predicted molar refractivity (Wildman–Crippen MR) is 93.2 cm³/mol. The Morgan fingerprint density at radius 3 is 2.68 bits per heavy atom. The first-order valence-corrected chi connectivity index (χ1v) is 8.60. The molecule has 4 nitrogen and oxygen atoms in total. The highest BCUT2D eigenvalue weighted by molar-refractivity contribution is 9.10. The SMILES string of the molecule is CC(C)(C)OC(=O)N1CCC[C@@H](CNc2ccc(Br)cc2)C1. The van der Waals surface area contributed by atoms with Crippen molar-refractivity contribution in [2.24, 2.45) is 5.92 Å². The number of nitrogens with one attached hydrogen (secondary N) is 1. The molecule has 0 bridgehead atoms. The highest BCUT2D eigenvalue weighted by atomic mass is 79.9. The topological polar surface area (TPSA) is 41.6 Å². The molecule has 1 saturated heterocycles. The lowest BCUT2D eigenvalue weighted by atomic mass is 9.98. The summed E-state index contributed by atoms with van der Waals surface area (Å²) in [6.45, 7) is 8.15. The maximum absolute atomic E-state index is 12.1. The number of anilines is 1. The fraction of sp³-hybridized carbons (Fsp3) is 0.588. The average Bonchev–Trinajstić information content (AvgIpc) is 2.45. The summed E-state index contributed by atoms with van der Waals surface area (Å²) >= 11 is 3.43. The second kappa shape index (κ2) is 7.36. The van der Waals surface area contributed by atoms with E-state index >= 15 is 0 Å². The van der Waals surface area contributed by atoms with Crippen LogP contribution in [0.3, 0.4) is 0 Å². The van der Waals surface area contributed by atoms with E-state index in [1.807, 2.05) is 37.8 Å². The Kier molecular flexibility index (Phi) is 5.73. The summed E-state index contributed by atoms with van der Waals surface area (Å²) in [5.74, 6) is 0.463. The van der Waals surface area contributed by atoms with Gasteiger partial charge in [-0.15, -0.1) is 0 Å². The number of carbonyl (C=O) groups is 1. The maximum Gasteiger partial charge on any atom is 0.410 e. The van der Waals surface area contributed by atoms with Crippen molar-refractivity contribution < 1.29 is 9.53 Å². The van der Waals surface area contributed by atoms with Crippen molar-refractivity contribution >= 4 is 27.7 Å². The number of hydrogen-bond acceptors (Lipinski definition) is 3. The molecule has 0 unspecified atom stereocenters. The maximum atomic E-state index is 12.1. The molecule has 1 heterocycles. The fourth-order valence-electron chi connectivity index (χ4n) is 2.55. The standard InChI is InChI=1S/C17H25BrN2O2/c1-17(2,3)22-16(21)20-10-4-5-13(12-20)11-19-15-8-6-14(18)7-9-15/h6-9,13,19H,4-5,10-12H2,1-3H3/t13-/m0/s1. The Labute approximate surface area is 141 Å². The lowest BCUT2D eigenvalue weighted by Crippen LogP contribution is -2.44. The molecule has 1 amide bonds. The molecular weight excluding hydrogens is 344 g/mol. The molecule has 22 heavy (non-hydrogen) atoms. The van der Waals surface area contributed by atoms with Crippen LogP contribution >= 0.6 is 15.9 Å². The molecule has 1 aliphatic rings. The average molecular weight is 369 g/mol. The second-order valence-electron chi connectivity index (χ2n) is 6.82. The highest BCUT2D eigenvalue weighted by Gasteiger charge is 2.27. The molecule has 122 valence electrons. The van der Waals surface area contributed by atoms with Crippen LogP contribution in [0.25, 0.3) is 0 Å². The number of likely N-dealkylation sites (tertiary alicyclic amines) is 1. The summed E-state index contributed by atoms with van der Waals surface area (Å²) in [4.78, 5) is 14.0. The van der Waals surface area contributed by atoms with Crippen molar-refractivity contribution in [1.82, 2.24) is 4.90 Å². The zero-order chi connectivity index (χ0) is 16.2. The van der Waals surface area contributed by atoms with Crippen molar-refractivity contribution in [3.05, 3.63) is 28.7 Å². The van der Waals surface area contributed by atoms with Crippen molar-refractivity contribution in [3.63, 3.8) is 0 Å². The van der Waals surface area contributed by atoms with Crippen molar-refractivity contribution in [2.75, 3.05) is 25.0 Å². The van der Waals surface area contributed by atoms with Gasteiger partial charge >= 0.3 is 6.09 Å². The molecule has 0 aliphatic carbocycles. The van der Waals surface area contributed by atoms with Crippen molar-refractivity contribution in [2.45, 2.75) is 39.2 Å². The summed E-state index contributed by atoms with van der Waals surface area (Å²) in [6.07, 6.45) is 1.98. The van der Waals surface area contributed by atoms with Gasteiger partial charge in [0.15, 0.2) is 0 Å². The van der Waals surface area contributed by atoms with E-state index in [9.17, 15) is 4.79 Å². The highest BCUT2D eigenvalue weighted by Crippen LogP contribution is 2.21. The molecule has 0 radical (unpaired) electrons. The largest absolute Gasteiger partial charge is 0.444 e. The lowest BCUT2D eigenvalue weighted by Gasteiger charge is -2.34. The van der Waals surface area contributed by atoms with Gasteiger partial charge in [0, 0.05) is 29.8 Å². The summed E-state index contributed by atoms with van der Waals surface area (Å²) in [5, 5.41) is 3.45. The zero-order valence-corrected chi connectivity index (χ0v) is 15.1. The van der Waals surface area contributed by atoms with Crippen LogP contribution in [0, 0.1) is 5.92 Å². The summed E-state index contributed by atoms with van der Waals surface area (Å²) in [7, 11) is 0. The first kappa shape index (κ1) is 17.1. The minimum absolute atomic E-state index is 0.194. The van der Waals surface area contributed by atoms with Crippen molar-refractivity contribution in [3.8, 4) is 0 Å². The quantitative estimate of drug-likeness (QED) is 0.853. The van der Waals surface area contributed by atoms with Gasteiger partial charge in [0.05, 0.1) is 0 Å². The number of piperidine rings is 1. The number of amides is 1. The number of rotatable bonds is 3. The number of benzene rings is 1. The zero-order valence-electron chi connectivity index (χ0n) is 13.6. The third-order valence-electron chi connectivity index (χ3n) is 3.61. The van der Waals surface area contributed by atoms with Gasteiger partial charge in [-0.05, 0) is 63.8 Å². The molecule has 5 heteroatoms.